The van der Waals surface area contributed by atoms with Crippen molar-refractivity contribution in [1.82, 2.24) is 4.57 Å². The van der Waals surface area contributed by atoms with Crippen LogP contribution in [0.25, 0.3) is 11.3 Å². The van der Waals surface area contributed by atoms with Crippen LogP contribution in [0.1, 0.15) is 54.6 Å². The molecule has 138 valence electrons. The van der Waals surface area contributed by atoms with E-state index in [4.69, 9.17) is 4.74 Å². The van der Waals surface area contributed by atoms with Crippen molar-refractivity contribution in [3.63, 3.8) is 0 Å². The third-order valence-corrected chi connectivity index (χ3v) is 5.59. The minimum Gasteiger partial charge on any atom is -0.493 e. The Kier molecular flexibility index (Phi) is 4.01. The van der Waals surface area contributed by atoms with E-state index in [1.807, 2.05) is 19.2 Å². The molecule has 0 N–H and O–H groups in total. The number of carbonyl (C=O) groups excluding carboxylic acids is 1. The lowest BCUT2D eigenvalue weighted by Gasteiger charge is -2.33. The Morgan fingerprint density at radius 3 is 2.58 bits per heavy atom. The second-order valence-corrected chi connectivity index (χ2v) is 7.12. The summed E-state index contributed by atoms with van der Waals surface area (Å²) in [6, 6.07) is 5.32. The average Bonchev–Trinajstić information content (AvgIpc) is 3.36. The lowest BCUT2D eigenvalue weighted by Crippen LogP contribution is -2.20. The van der Waals surface area contributed by atoms with Crippen LogP contribution in [0.4, 0.5) is 8.78 Å². The Bertz CT molecular complexity index is 870. The Balaban J connectivity index is 1.90. The lowest BCUT2D eigenvalue weighted by molar-refractivity contribution is -0.0512. The summed E-state index contributed by atoms with van der Waals surface area (Å²) in [7, 11) is 1.42. The molecule has 1 aromatic carbocycles. The van der Waals surface area contributed by atoms with Crippen LogP contribution < -0.4 is 9.47 Å². The molecule has 2 unspecified atom stereocenters. The molecule has 0 saturated heterocycles. The van der Waals surface area contributed by atoms with Crippen molar-refractivity contribution < 1.29 is 23.0 Å². The molecule has 2 aromatic rings. The van der Waals surface area contributed by atoms with Gasteiger partial charge in [0.1, 0.15) is 0 Å². The van der Waals surface area contributed by atoms with E-state index in [1.165, 1.54) is 7.11 Å². The van der Waals surface area contributed by atoms with Crippen molar-refractivity contribution in [1.29, 1.82) is 0 Å². The first-order valence-corrected chi connectivity index (χ1v) is 8.84. The number of hydrogen-bond donors (Lipinski definition) is 0. The smallest absolute Gasteiger partial charge is 0.387 e. The fourth-order valence-corrected chi connectivity index (χ4v) is 3.84. The molecule has 4 nitrogen and oxygen atoms in total. The van der Waals surface area contributed by atoms with Crippen LogP contribution in [0, 0.1) is 5.92 Å². The van der Waals surface area contributed by atoms with Crippen molar-refractivity contribution in [2.45, 2.75) is 45.3 Å². The first kappa shape index (κ1) is 17.1. The topological polar surface area (TPSA) is 40.5 Å². The number of methoxy groups -OCH3 is 1. The molecule has 0 radical (unpaired) electrons. The number of nitrogens with zero attached hydrogens (tertiary/aromatic N) is 1. The van der Waals surface area contributed by atoms with Crippen LogP contribution in [0.5, 0.6) is 11.5 Å². The van der Waals surface area contributed by atoms with Gasteiger partial charge in [0, 0.05) is 35.2 Å². The standard InChI is InChI=1S/C20H21F2NO3/c1-10-11(2)23-7-6-13(19(24)12-4-5-12)18(23)15-9-16(25-3)17(8-14(10)15)26-20(21)22/h6-12,20H,4-5H2,1-3H3. The maximum absolute atomic E-state index is 12.8. The van der Waals surface area contributed by atoms with Crippen molar-refractivity contribution in [3.8, 4) is 22.8 Å². The number of ketones is 1. The first-order chi connectivity index (χ1) is 12.4. The summed E-state index contributed by atoms with van der Waals surface area (Å²) in [5, 5.41) is 0. The molecule has 0 amide bonds. The van der Waals surface area contributed by atoms with E-state index in [-0.39, 0.29) is 35.2 Å². The number of fused-ring (bicyclic) bond motifs is 3. The Labute approximate surface area is 150 Å². The molecule has 26 heavy (non-hydrogen) atoms. The van der Waals surface area contributed by atoms with Crippen LogP contribution in [-0.4, -0.2) is 24.1 Å². The molecule has 0 spiro atoms. The van der Waals surface area contributed by atoms with Gasteiger partial charge >= 0.3 is 6.61 Å². The molecule has 2 aliphatic rings. The fourth-order valence-electron chi connectivity index (χ4n) is 3.84. The molecular weight excluding hydrogens is 340 g/mol. The molecule has 6 heteroatoms. The summed E-state index contributed by atoms with van der Waals surface area (Å²) in [5.41, 5.74) is 3.30. The predicted molar refractivity (Wildman–Crippen MR) is 93.2 cm³/mol. The van der Waals surface area contributed by atoms with Gasteiger partial charge in [-0.2, -0.15) is 8.78 Å². The van der Waals surface area contributed by atoms with E-state index in [9.17, 15) is 13.6 Å². The Morgan fingerprint density at radius 1 is 1.23 bits per heavy atom. The molecule has 2 atom stereocenters. The van der Waals surface area contributed by atoms with E-state index >= 15 is 0 Å². The third-order valence-electron chi connectivity index (χ3n) is 5.59. The maximum atomic E-state index is 12.8. The van der Waals surface area contributed by atoms with Gasteiger partial charge in [-0.3, -0.25) is 4.79 Å². The highest BCUT2D eigenvalue weighted by Crippen LogP contribution is 2.49. The van der Waals surface area contributed by atoms with E-state index in [1.54, 1.807) is 12.1 Å². The summed E-state index contributed by atoms with van der Waals surface area (Å²) in [5.74, 6) is 0.625. The SMILES string of the molecule is COc1cc2c(cc1OC(F)F)C(C)C(C)n1ccc(C(=O)C3CC3)c1-2. The van der Waals surface area contributed by atoms with Gasteiger partial charge in [-0.25, -0.2) is 0 Å². The molecular formula is C20H21F2NO3. The molecule has 1 aliphatic heterocycles. The molecule has 1 aromatic heterocycles. The van der Waals surface area contributed by atoms with Gasteiger partial charge in [0.2, 0.25) is 0 Å². The molecule has 4 rings (SSSR count). The molecule has 1 aliphatic carbocycles. The van der Waals surface area contributed by atoms with Crippen LogP contribution in [0.3, 0.4) is 0 Å². The minimum atomic E-state index is -2.92. The Hall–Kier alpha value is -2.37. The predicted octanol–water partition coefficient (Wildman–Crippen LogP) is 5.04. The number of benzene rings is 1. The summed E-state index contributed by atoms with van der Waals surface area (Å²) in [6.45, 7) is 1.20. The normalized spacial score (nSPS) is 21.3. The van der Waals surface area contributed by atoms with Crippen molar-refractivity contribution >= 4 is 5.78 Å². The third kappa shape index (κ3) is 2.59. The number of rotatable bonds is 5. The summed E-state index contributed by atoms with van der Waals surface area (Å²) < 4.78 is 37.6. The van der Waals surface area contributed by atoms with Gasteiger partial charge < -0.3 is 14.0 Å². The van der Waals surface area contributed by atoms with Crippen LogP contribution in [0.2, 0.25) is 0 Å². The number of hydrogen-bond acceptors (Lipinski definition) is 3. The molecule has 1 fully saturated rings. The zero-order chi connectivity index (χ0) is 18.6. The molecule has 2 heterocycles. The number of halogens is 2. The number of carbonyl (C=O) groups is 1. The highest BCUT2D eigenvalue weighted by molar-refractivity contribution is 6.05. The zero-order valence-corrected chi connectivity index (χ0v) is 15.0. The monoisotopic (exact) mass is 361 g/mol. The summed E-state index contributed by atoms with van der Waals surface area (Å²) >= 11 is 0. The fraction of sp³-hybridized carbons (Fsp3) is 0.450. The molecule has 0 bridgehead atoms. The number of alkyl halides is 2. The molecule has 1 saturated carbocycles. The van der Waals surface area contributed by atoms with Gasteiger partial charge in [-0.05, 0) is 43.5 Å². The summed E-state index contributed by atoms with van der Waals surface area (Å²) in [4.78, 5) is 12.7. The van der Waals surface area contributed by atoms with Gasteiger partial charge in [-0.15, -0.1) is 0 Å². The van der Waals surface area contributed by atoms with Crippen molar-refractivity contribution in [2.24, 2.45) is 5.92 Å². The van der Waals surface area contributed by atoms with E-state index < -0.39 is 6.61 Å². The second kappa shape index (κ2) is 6.11. The zero-order valence-electron chi connectivity index (χ0n) is 15.0. The average molecular weight is 361 g/mol. The summed E-state index contributed by atoms with van der Waals surface area (Å²) in [6.07, 6.45) is 3.82. The Morgan fingerprint density at radius 2 is 1.96 bits per heavy atom. The first-order valence-electron chi connectivity index (χ1n) is 8.84. The van der Waals surface area contributed by atoms with Gasteiger partial charge in [0.25, 0.3) is 0 Å². The number of aromatic nitrogens is 1. The second-order valence-electron chi connectivity index (χ2n) is 7.12. The van der Waals surface area contributed by atoms with E-state index in [0.29, 0.717) is 5.56 Å². The van der Waals surface area contributed by atoms with Crippen molar-refractivity contribution in [2.75, 3.05) is 7.11 Å². The maximum Gasteiger partial charge on any atom is 0.387 e. The quantitative estimate of drug-likeness (QED) is 0.701. The lowest BCUT2D eigenvalue weighted by atomic mass is 9.84. The van der Waals surface area contributed by atoms with E-state index in [0.717, 1.165) is 29.7 Å². The number of ether oxygens (including phenoxy) is 2. The largest absolute Gasteiger partial charge is 0.493 e. The highest BCUT2D eigenvalue weighted by Gasteiger charge is 2.37. The van der Waals surface area contributed by atoms with Gasteiger partial charge in [0.15, 0.2) is 17.3 Å². The van der Waals surface area contributed by atoms with Crippen LogP contribution >= 0.6 is 0 Å². The van der Waals surface area contributed by atoms with E-state index in [2.05, 4.69) is 16.2 Å². The highest BCUT2D eigenvalue weighted by atomic mass is 19.3. The van der Waals surface area contributed by atoms with Gasteiger partial charge in [0.05, 0.1) is 12.8 Å². The van der Waals surface area contributed by atoms with Crippen LogP contribution in [-0.2, 0) is 0 Å². The number of Topliss-reactive ketones (excluding diaryl/α,β-unsaturated/α-hetero) is 1. The van der Waals surface area contributed by atoms with Crippen LogP contribution in [0.15, 0.2) is 24.4 Å². The minimum absolute atomic E-state index is 0.0235. The van der Waals surface area contributed by atoms with Gasteiger partial charge in [-0.1, -0.05) is 6.92 Å². The van der Waals surface area contributed by atoms with Crippen molar-refractivity contribution in [3.05, 3.63) is 35.5 Å².